The lowest BCUT2D eigenvalue weighted by Gasteiger charge is -2.15. The van der Waals surface area contributed by atoms with E-state index in [2.05, 4.69) is 25.6 Å². The first-order valence-corrected chi connectivity index (χ1v) is 8.73. The van der Waals surface area contributed by atoms with Crippen LogP contribution in [0.5, 0.6) is 11.5 Å². The van der Waals surface area contributed by atoms with Crippen LogP contribution >= 0.6 is 11.6 Å². The van der Waals surface area contributed by atoms with E-state index in [1.807, 2.05) is 6.92 Å². The molecule has 0 aliphatic heterocycles. The summed E-state index contributed by atoms with van der Waals surface area (Å²) in [6, 6.07) is 3.44. The minimum atomic E-state index is -0.616. The Balaban J connectivity index is 1.87. The molecule has 0 bridgehead atoms. The van der Waals surface area contributed by atoms with Gasteiger partial charge in [-0.15, -0.1) is 0 Å². The number of hydrogen-bond acceptors (Lipinski definition) is 9. The highest BCUT2D eigenvalue weighted by Crippen LogP contribution is 2.36. The van der Waals surface area contributed by atoms with Crippen LogP contribution in [0.2, 0.25) is 5.02 Å². The molecule has 0 fully saturated rings. The van der Waals surface area contributed by atoms with Gasteiger partial charge in [-0.3, -0.25) is 9.59 Å². The number of rotatable bonds is 11. The molecule has 28 heavy (non-hydrogen) atoms. The largest absolute Gasteiger partial charge is 0.490 e. The van der Waals surface area contributed by atoms with Crippen LogP contribution < -0.4 is 31.6 Å². The molecule has 0 radical (unpaired) electrons. The molecule has 6 N–H and O–H groups in total. The third-order valence-electron chi connectivity index (χ3n) is 3.37. The zero-order valence-electron chi connectivity index (χ0n) is 15.2. The molecule has 1 aromatic carbocycles. The Kier molecular flexibility index (Phi) is 7.84. The maximum absolute atomic E-state index is 11.8. The SMILES string of the molecule is CCOc1cc(CNCCNC(=O)c2nonc2N)cc(Cl)c1OCC(N)=O. The lowest BCUT2D eigenvalue weighted by molar-refractivity contribution is -0.119. The predicted octanol–water partition coefficient (Wildman–Crippen LogP) is 0.0876. The van der Waals surface area contributed by atoms with Gasteiger partial charge in [0.15, 0.2) is 18.1 Å². The van der Waals surface area contributed by atoms with Crippen molar-refractivity contribution < 1.29 is 23.7 Å². The van der Waals surface area contributed by atoms with Crippen LogP contribution in [0, 0.1) is 0 Å². The number of nitrogen functional groups attached to an aromatic ring is 1. The predicted molar refractivity (Wildman–Crippen MR) is 100 cm³/mol. The zero-order valence-corrected chi connectivity index (χ0v) is 15.9. The number of benzene rings is 1. The number of primary amides is 1. The molecule has 0 saturated heterocycles. The van der Waals surface area contributed by atoms with Crippen molar-refractivity contribution in [3.8, 4) is 11.5 Å². The maximum Gasteiger partial charge on any atom is 0.277 e. The quantitative estimate of drug-likeness (QED) is 0.373. The molecular weight excluding hydrogens is 392 g/mol. The standard InChI is InChI=1S/C16H21ClN6O5/c1-2-26-11-6-9(5-10(17)14(11)27-8-12(18)24)7-20-3-4-21-16(25)13-15(19)23-28-22-13/h5-6,20H,2-4,7-8H2,1H3,(H2,18,24)(H2,19,23)(H,21,25). The van der Waals surface area contributed by atoms with Gasteiger partial charge >= 0.3 is 0 Å². The van der Waals surface area contributed by atoms with Gasteiger partial charge in [0.2, 0.25) is 11.5 Å². The van der Waals surface area contributed by atoms with Crippen molar-refractivity contribution in [2.75, 3.05) is 32.0 Å². The summed E-state index contributed by atoms with van der Waals surface area (Å²) in [4.78, 5) is 22.7. The lowest BCUT2D eigenvalue weighted by Crippen LogP contribution is -2.32. The van der Waals surface area contributed by atoms with Crippen molar-refractivity contribution in [1.82, 2.24) is 20.9 Å². The first-order valence-electron chi connectivity index (χ1n) is 8.35. The Morgan fingerprint density at radius 3 is 2.68 bits per heavy atom. The molecule has 2 aromatic rings. The number of amides is 2. The van der Waals surface area contributed by atoms with Crippen molar-refractivity contribution in [3.63, 3.8) is 0 Å². The van der Waals surface area contributed by atoms with Crippen LogP contribution in [-0.4, -0.2) is 48.4 Å². The van der Waals surface area contributed by atoms with Crippen molar-refractivity contribution in [2.24, 2.45) is 5.73 Å². The summed E-state index contributed by atoms with van der Waals surface area (Å²) in [5.41, 5.74) is 11.3. The molecular formula is C16H21ClN6O5. The number of aromatic nitrogens is 2. The summed E-state index contributed by atoms with van der Waals surface area (Å²) in [7, 11) is 0. The molecule has 0 spiro atoms. The van der Waals surface area contributed by atoms with Gasteiger partial charge < -0.3 is 31.6 Å². The van der Waals surface area contributed by atoms with Gasteiger partial charge in [-0.2, -0.15) is 0 Å². The lowest BCUT2D eigenvalue weighted by atomic mass is 10.2. The van der Waals surface area contributed by atoms with E-state index in [9.17, 15) is 9.59 Å². The van der Waals surface area contributed by atoms with Gasteiger partial charge in [0.05, 0.1) is 11.6 Å². The van der Waals surface area contributed by atoms with Crippen molar-refractivity contribution in [2.45, 2.75) is 13.5 Å². The number of carbonyl (C=O) groups excluding carboxylic acids is 2. The Labute approximate surface area is 165 Å². The fourth-order valence-electron chi connectivity index (χ4n) is 2.20. The van der Waals surface area contributed by atoms with Crippen LogP contribution in [0.25, 0.3) is 0 Å². The number of anilines is 1. The molecule has 0 saturated carbocycles. The second kappa shape index (κ2) is 10.3. The first-order chi connectivity index (χ1) is 13.4. The molecule has 0 unspecified atom stereocenters. The highest BCUT2D eigenvalue weighted by molar-refractivity contribution is 6.32. The normalized spacial score (nSPS) is 10.5. The van der Waals surface area contributed by atoms with Gasteiger partial charge in [0.25, 0.3) is 11.8 Å². The molecule has 1 aromatic heterocycles. The second-order valence-corrected chi connectivity index (χ2v) is 5.93. The molecule has 0 aliphatic rings. The molecule has 1 heterocycles. The zero-order chi connectivity index (χ0) is 20.5. The Morgan fingerprint density at radius 2 is 2.04 bits per heavy atom. The topological polar surface area (TPSA) is 168 Å². The molecule has 0 atom stereocenters. The van der Waals surface area contributed by atoms with E-state index in [0.29, 0.717) is 37.0 Å². The highest BCUT2D eigenvalue weighted by atomic mass is 35.5. The number of nitrogens with zero attached hydrogens (tertiary/aromatic N) is 2. The Bertz CT molecular complexity index is 828. The van der Waals surface area contributed by atoms with E-state index in [-0.39, 0.29) is 23.9 Å². The van der Waals surface area contributed by atoms with Gasteiger partial charge in [0, 0.05) is 19.6 Å². The summed E-state index contributed by atoms with van der Waals surface area (Å²) < 4.78 is 15.2. The molecule has 12 heteroatoms. The van der Waals surface area contributed by atoms with E-state index < -0.39 is 11.8 Å². The number of hydrogen-bond donors (Lipinski definition) is 4. The highest BCUT2D eigenvalue weighted by Gasteiger charge is 2.15. The molecule has 152 valence electrons. The minimum absolute atomic E-state index is 0.0558. The summed E-state index contributed by atoms with van der Waals surface area (Å²) >= 11 is 6.23. The van der Waals surface area contributed by atoms with Gasteiger partial charge in [-0.1, -0.05) is 11.6 Å². The van der Waals surface area contributed by atoms with Crippen molar-refractivity contribution in [3.05, 3.63) is 28.4 Å². The fraction of sp³-hybridized carbons (Fsp3) is 0.375. The van der Waals surface area contributed by atoms with Crippen LogP contribution in [0.15, 0.2) is 16.8 Å². The van der Waals surface area contributed by atoms with Gasteiger partial charge in [-0.25, -0.2) is 4.63 Å². The fourth-order valence-corrected chi connectivity index (χ4v) is 2.49. The maximum atomic E-state index is 11.8. The Morgan fingerprint density at radius 1 is 1.25 bits per heavy atom. The van der Waals surface area contributed by atoms with Crippen LogP contribution in [0.1, 0.15) is 23.0 Å². The Hall–Kier alpha value is -3.05. The van der Waals surface area contributed by atoms with Crippen LogP contribution in [0.3, 0.4) is 0 Å². The summed E-state index contributed by atoms with van der Waals surface area (Å²) in [5.74, 6) is -0.484. The van der Waals surface area contributed by atoms with Crippen molar-refractivity contribution in [1.29, 1.82) is 0 Å². The summed E-state index contributed by atoms with van der Waals surface area (Å²) in [5, 5.41) is 12.8. The summed E-state index contributed by atoms with van der Waals surface area (Å²) in [6.45, 7) is 3.17. The van der Waals surface area contributed by atoms with E-state index in [1.54, 1.807) is 12.1 Å². The number of nitrogens with one attached hydrogen (secondary N) is 2. The van der Waals surface area contributed by atoms with Crippen molar-refractivity contribution >= 4 is 29.2 Å². The summed E-state index contributed by atoms with van der Waals surface area (Å²) in [6.07, 6.45) is 0. The third kappa shape index (κ3) is 5.99. The minimum Gasteiger partial charge on any atom is -0.490 e. The number of ether oxygens (including phenoxy) is 2. The van der Waals surface area contributed by atoms with Gasteiger partial charge in [-0.05, 0) is 34.9 Å². The van der Waals surface area contributed by atoms with E-state index in [1.165, 1.54) is 0 Å². The van der Waals surface area contributed by atoms with E-state index in [0.717, 1.165) is 5.56 Å². The van der Waals surface area contributed by atoms with E-state index >= 15 is 0 Å². The number of halogens is 1. The molecule has 11 nitrogen and oxygen atoms in total. The smallest absolute Gasteiger partial charge is 0.277 e. The monoisotopic (exact) mass is 412 g/mol. The molecule has 0 aliphatic carbocycles. The average Bonchev–Trinajstić information content (AvgIpc) is 3.06. The molecule has 2 amide bonds. The number of carbonyl (C=O) groups is 2. The average molecular weight is 413 g/mol. The van der Waals surface area contributed by atoms with E-state index in [4.69, 9.17) is 32.5 Å². The number of nitrogens with two attached hydrogens (primary N) is 2. The molecule has 2 rings (SSSR count). The van der Waals surface area contributed by atoms with Crippen LogP contribution in [-0.2, 0) is 11.3 Å². The first kappa shape index (κ1) is 21.3. The second-order valence-electron chi connectivity index (χ2n) is 5.52. The van der Waals surface area contributed by atoms with Crippen LogP contribution in [0.4, 0.5) is 5.82 Å². The third-order valence-corrected chi connectivity index (χ3v) is 3.65. The van der Waals surface area contributed by atoms with Gasteiger partial charge in [0.1, 0.15) is 0 Å².